The molecule has 0 bridgehead atoms. The van der Waals surface area contributed by atoms with Crippen LogP contribution in [0.5, 0.6) is 0 Å². The largest absolute Gasteiger partial charge is 0.465 e. The zero-order valence-electron chi connectivity index (χ0n) is 18.4. The lowest BCUT2D eigenvalue weighted by Crippen LogP contribution is -2.44. The van der Waals surface area contributed by atoms with Crippen molar-refractivity contribution in [2.75, 3.05) is 12.0 Å². The number of carbonyl (C=O) groups is 3. The molecule has 3 aromatic carbocycles. The standard InChI is InChI=1S/C27H21N3O4/c1-34-26(32)18-12-6-8-14-21(18)30-25(31)22-15-19-17-11-5-7-13-20(17)28-23(19)24(29(22)27(30)33)16-9-3-2-4-10-16/h2-14,22,24,28H,15H2,1H3. The lowest BCUT2D eigenvalue weighted by molar-refractivity contribution is -0.120. The molecule has 0 saturated carbocycles. The van der Waals surface area contributed by atoms with Crippen molar-refractivity contribution in [3.63, 3.8) is 0 Å². The third-order valence-corrected chi connectivity index (χ3v) is 6.71. The van der Waals surface area contributed by atoms with E-state index >= 15 is 0 Å². The predicted octanol–water partition coefficient (Wildman–Crippen LogP) is 4.44. The summed E-state index contributed by atoms with van der Waals surface area (Å²) in [5, 5.41) is 1.05. The fourth-order valence-electron chi connectivity index (χ4n) is 5.23. The fraction of sp³-hybridized carbons (Fsp3) is 0.148. The van der Waals surface area contributed by atoms with Crippen LogP contribution in [-0.4, -0.2) is 40.9 Å². The minimum absolute atomic E-state index is 0.173. The smallest absolute Gasteiger partial charge is 0.339 e. The van der Waals surface area contributed by atoms with Gasteiger partial charge in [0.15, 0.2) is 0 Å². The van der Waals surface area contributed by atoms with Crippen molar-refractivity contribution in [3.8, 4) is 0 Å². The van der Waals surface area contributed by atoms with Crippen molar-refractivity contribution in [1.29, 1.82) is 0 Å². The average molecular weight is 451 g/mol. The number of esters is 1. The number of urea groups is 1. The number of anilines is 1. The van der Waals surface area contributed by atoms with Gasteiger partial charge in [-0.15, -0.1) is 0 Å². The molecule has 4 aromatic rings. The first-order valence-corrected chi connectivity index (χ1v) is 11.1. The molecule has 168 valence electrons. The number of rotatable bonds is 3. The summed E-state index contributed by atoms with van der Waals surface area (Å²) in [6.07, 6.45) is 0.393. The summed E-state index contributed by atoms with van der Waals surface area (Å²) >= 11 is 0. The summed E-state index contributed by atoms with van der Waals surface area (Å²) in [7, 11) is 1.28. The maximum atomic E-state index is 13.9. The quantitative estimate of drug-likeness (QED) is 0.369. The van der Waals surface area contributed by atoms with Crippen LogP contribution in [0, 0.1) is 0 Å². The van der Waals surface area contributed by atoms with Crippen LogP contribution in [0.3, 0.4) is 0 Å². The lowest BCUT2D eigenvalue weighted by atomic mass is 9.89. The first-order valence-electron chi connectivity index (χ1n) is 11.1. The summed E-state index contributed by atoms with van der Waals surface area (Å²) in [6, 6.07) is 22.6. The molecule has 1 saturated heterocycles. The molecular formula is C27H21N3O4. The number of para-hydroxylation sites is 2. The molecule has 0 spiro atoms. The van der Waals surface area contributed by atoms with Gasteiger partial charge in [-0.25, -0.2) is 14.5 Å². The molecule has 3 amide bonds. The molecule has 2 aliphatic rings. The molecule has 7 nitrogen and oxygen atoms in total. The number of ether oxygens (including phenoxy) is 1. The van der Waals surface area contributed by atoms with Crippen LogP contribution in [0.1, 0.15) is 33.2 Å². The van der Waals surface area contributed by atoms with E-state index in [4.69, 9.17) is 4.74 Å². The third kappa shape index (κ3) is 2.80. The zero-order valence-corrected chi connectivity index (χ0v) is 18.4. The van der Waals surface area contributed by atoms with Crippen molar-refractivity contribution >= 4 is 34.5 Å². The Bertz CT molecular complexity index is 1460. The normalized spacial score (nSPS) is 19.3. The molecule has 6 rings (SSSR count). The first kappa shape index (κ1) is 20.2. The topological polar surface area (TPSA) is 82.7 Å². The molecule has 1 N–H and O–H groups in total. The number of H-pyrrole nitrogens is 1. The summed E-state index contributed by atoms with van der Waals surface area (Å²) in [6.45, 7) is 0. The van der Waals surface area contributed by atoms with Crippen molar-refractivity contribution in [1.82, 2.24) is 9.88 Å². The molecule has 7 heteroatoms. The Morgan fingerprint density at radius 1 is 0.941 bits per heavy atom. The maximum absolute atomic E-state index is 13.9. The van der Waals surface area contributed by atoms with Crippen LogP contribution in [-0.2, 0) is 16.0 Å². The zero-order chi connectivity index (χ0) is 23.4. The number of hydrogen-bond acceptors (Lipinski definition) is 4. The highest BCUT2D eigenvalue weighted by molar-refractivity contribution is 6.23. The summed E-state index contributed by atoms with van der Waals surface area (Å²) < 4.78 is 4.90. The second-order valence-corrected chi connectivity index (χ2v) is 8.47. The molecule has 1 aromatic heterocycles. The Balaban J connectivity index is 1.54. The number of fused-ring (bicyclic) bond motifs is 4. The highest BCUT2D eigenvalue weighted by atomic mass is 16.5. The van der Waals surface area contributed by atoms with E-state index in [0.717, 1.165) is 32.6 Å². The van der Waals surface area contributed by atoms with Gasteiger partial charge in [0, 0.05) is 23.0 Å². The summed E-state index contributed by atoms with van der Waals surface area (Å²) in [4.78, 5) is 46.3. The highest BCUT2D eigenvalue weighted by Crippen LogP contribution is 2.45. The summed E-state index contributed by atoms with van der Waals surface area (Å²) in [5.74, 6) is -0.949. The van der Waals surface area contributed by atoms with Crippen LogP contribution < -0.4 is 4.90 Å². The third-order valence-electron chi connectivity index (χ3n) is 6.71. The van der Waals surface area contributed by atoms with E-state index in [0.29, 0.717) is 6.42 Å². The Morgan fingerprint density at radius 3 is 2.44 bits per heavy atom. The van der Waals surface area contributed by atoms with Crippen molar-refractivity contribution in [2.45, 2.75) is 18.5 Å². The number of aromatic nitrogens is 1. The summed E-state index contributed by atoms with van der Waals surface area (Å²) in [5.41, 5.74) is 4.24. The van der Waals surface area contributed by atoms with Gasteiger partial charge in [-0.3, -0.25) is 9.69 Å². The number of carbonyl (C=O) groups excluding carboxylic acids is 3. The van der Waals surface area contributed by atoms with Gasteiger partial charge < -0.3 is 9.72 Å². The maximum Gasteiger partial charge on any atom is 0.339 e. The SMILES string of the molecule is COC(=O)c1ccccc1N1C(=O)C2Cc3c([nH]c4ccccc34)C(c3ccccc3)N2C1=O. The second kappa shape index (κ2) is 7.59. The lowest BCUT2D eigenvalue weighted by Gasteiger charge is -2.36. The monoisotopic (exact) mass is 451 g/mol. The van der Waals surface area contributed by atoms with E-state index in [1.807, 2.05) is 54.6 Å². The number of imide groups is 1. The number of nitrogens with one attached hydrogen (secondary N) is 1. The minimum atomic E-state index is -0.685. The van der Waals surface area contributed by atoms with Crippen molar-refractivity contribution in [3.05, 3.63) is 101 Å². The average Bonchev–Trinajstić information content (AvgIpc) is 3.37. The number of methoxy groups -OCH3 is 1. The molecule has 0 aliphatic carbocycles. The van der Waals surface area contributed by atoms with Crippen LogP contribution in [0.25, 0.3) is 10.9 Å². The van der Waals surface area contributed by atoms with E-state index in [-0.39, 0.29) is 17.2 Å². The molecule has 3 heterocycles. The number of benzene rings is 3. The molecular weight excluding hydrogens is 430 g/mol. The number of nitrogens with zero attached hydrogens (tertiary/aromatic N) is 2. The first-order chi connectivity index (χ1) is 16.6. The van der Waals surface area contributed by atoms with Gasteiger partial charge in [-0.1, -0.05) is 60.7 Å². The Kier molecular flexibility index (Phi) is 4.52. The van der Waals surface area contributed by atoms with E-state index in [2.05, 4.69) is 4.98 Å². The highest BCUT2D eigenvalue weighted by Gasteiger charge is 2.53. The van der Waals surface area contributed by atoms with Gasteiger partial charge >= 0.3 is 12.0 Å². The fourth-order valence-corrected chi connectivity index (χ4v) is 5.23. The van der Waals surface area contributed by atoms with Gasteiger partial charge in [0.25, 0.3) is 5.91 Å². The molecule has 0 radical (unpaired) electrons. The predicted molar refractivity (Wildman–Crippen MR) is 127 cm³/mol. The second-order valence-electron chi connectivity index (χ2n) is 8.47. The van der Waals surface area contributed by atoms with Crippen LogP contribution in [0.2, 0.25) is 0 Å². The molecule has 34 heavy (non-hydrogen) atoms. The number of amides is 3. The van der Waals surface area contributed by atoms with Crippen molar-refractivity contribution < 1.29 is 19.1 Å². The van der Waals surface area contributed by atoms with E-state index in [1.54, 1.807) is 29.2 Å². The van der Waals surface area contributed by atoms with Gasteiger partial charge in [-0.05, 0) is 29.3 Å². The van der Waals surface area contributed by atoms with Crippen LogP contribution >= 0.6 is 0 Å². The molecule has 1 fully saturated rings. The number of aromatic amines is 1. The van der Waals surface area contributed by atoms with Crippen LogP contribution in [0.15, 0.2) is 78.9 Å². The molecule has 2 unspecified atom stereocenters. The Morgan fingerprint density at radius 2 is 1.65 bits per heavy atom. The van der Waals surface area contributed by atoms with Crippen molar-refractivity contribution in [2.24, 2.45) is 0 Å². The van der Waals surface area contributed by atoms with Gasteiger partial charge in [0.2, 0.25) is 0 Å². The van der Waals surface area contributed by atoms with E-state index < -0.39 is 24.1 Å². The Hall–Kier alpha value is -4.39. The molecule has 2 aliphatic heterocycles. The van der Waals surface area contributed by atoms with E-state index in [9.17, 15) is 14.4 Å². The van der Waals surface area contributed by atoms with Crippen LogP contribution in [0.4, 0.5) is 10.5 Å². The van der Waals surface area contributed by atoms with Gasteiger partial charge in [0.1, 0.15) is 12.1 Å². The molecule has 2 atom stereocenters. The Labute approximate surface area is 195 Å². The van der Waals surface area contributed by atoms with Gasteiger partial charge in [0.05, 0.1) is 18.4 Å². The number of hydrogen-bond donors (Lipinski definition) is 1. The minimum Gasteiger partial charge on any atom is -0.465 e. The van der Waals surface area contributed by atoms with Gasteiger partial charge in [-0.2, -0.15) is 0 Å². The van der Waals surface area contributed by atoms with E-state index in [1.165, 1.54) is 7.11 Å².